The fraction of sp³-hybridized carbons (Fsp3) is 0.429. The standard InChI is InChI=1S/C14H20ClN3O2/c1-8(2)6-12(14(20)17-3)18-13(19)9-4-5-10(15)11(16)7-9/h4-5,7-8,12H,6,16H2,1-3H3,(H,17,20)(H,18,19). The third-order valence-corrected chi connectivity index (χ3v) is 3.18. The first-order valence-corrected chi connectivity index (χ1v) is 6.80. The predicted octanol–water partition coefficient (Wildman–Crippen LogP) is 1.81. The number of anilines is 1. The molecule has 0 aliphatic carbocycles. The highest BCUT2D eigenvalue weighted by Gasteiger charge is 2.21. The Morgan fingerprint density at radius 1 is 1.35 bits per heavy atom. The number of nitrogens with two attached hydrogens (primary N) is 1. The van der Waals surface area contributed by atoms with Crippen molar-refractivity contribution < 1.29 is 9.59 Å². The molecule has 0 saturated carbocycles. The van der Waals surface area contributed by atoms with E-state index >= 15 is 0 Å². The zero-order valence-electron chi connectivity index (χ0n) is 11.9. The van der Waals surface area contributed by atoms with Crippen molar-refractivity contribution in [3.8, 4) is 0 Å². The summed E-state index contributed by atoms with van der Waals surface area (Å²) in [5, 5.41) is 5.66. The first kappa shape index (κ1) is 16.3. The van der Waals surface area contributed by atoms with Crippen molar-refractivity contribution >= 4 is 29.1 Å². The fourth-order valence-corrected chi connectivity index (χ4v) is 1.92. The van der Waals surface area contributed by atoms with Crippen LogP contribution in [0, 0.1) is 5.92 Å². The molecule has 0 aliphatic rings. The third kappa shape index (κ3) is 4.42. The van der Waals surface area contributed by atoms with Gasteiger partial charge in [0.1, 0.15) is 6.04 Å². The number of amides is 2. The van der Waals surface area contributed by atoms with Crippen LogP contribution in [0.1, 0.15) is 30.6 Å². The van der Waals surface area contributed by atoms with E-state index in [2.05, 4.69) is 10.6 Å². The summed E-state index contributed by atoms with van der Waals surface area (Å²) in [4.78, 5) is 23.9. The molecule has 0 aliphatic heterocycles. The summed E-state index contributed by atoms with van der Waals surface area (Å²) in [7, 11) is 1.54. The van der Waals surface area contributed by atoms with E-state index in [4.69, 9.17) is 17.3 Å². The van der Waals surface area contributed by atoms with E-state index in [1.807, 2.05) is 13.8 Å². The van der Waals surface area contributed by atoms with E-state index in [1.54, 1.807) is 19.2 Å². The molecule has 0 saturated heterocycles. The molecule has 2 amide bonds. The second kappa shape index (κ2) is 7.14. The van der Waals surface area contributed by atoms with Crippen molar-refractivity contribution in [1.82, 2.24) is 10.6 Å². The number of likely N-dealkylation sites (N-methyl/N-ethyl adjacent to an activating group) is 1. The Balaban J connectivity index is 2.84. The lowest BCUT2D eigenvalue weighted by atomic mass is 10.0. The van der Waals surface area contributed by atoms with Gasteiger partial charge in [0, 0.05) is 12.6 Å². The van der Waals surface area contributed by atoms with Gasteiger partial charge in [0.15, 0.2) is 0 Å². The van der Waals surface area contributed by atoms with Gasteiger partial charge in [0.25, 0.3) is 5.91 Å². The zero-order valence-corrected chi connectivity index (χ0v) is 12.6. The van der Waals surface area contributed by atoms with Crippen LogP contribution in [0.2, 0.25) is 5.02 Å². The minimum absolute atomic E-state index is 0.214. The third-order valence-electron chi connectivity index (χ3n) is 2.83. The molecule has 0 bridgehead atoms. The maximum atomic E-state index is 12.1. The number of nitrogens with one attached hydrogen (secondary N) is 2. The van der Waals surface area contributed by atoms with Crippen molar-refractivity contribution in [2.75, 3.05) is 12.8 Å². The Hall–Kier alpha value is -1.75. The molecule has 0 heterocycles. The normalized spacial score (nSPS) is 12.1. The Morgan fingerprint density at radius 3 is 2.50 bits per heavy atom. The van der Waals surface area contributed by atoms with Crippen LogP contribution in [-0.4, -0.2) is 24.9 Å². The number of hydrogen-bond acceptors (Lipinski definition) is 3. The van der Waals surface area contributed by atoms with Crippen LogP contribution < -0.4 is 16.4 Å². The van der Waals surface area contributed by atoms with Gasteiger partial charge >= 0.3 is 0 Å². The van der Waals surface area contributed by atoms with Gasteiger partial charge in [-0.3, -0.25) is 9.59 Å². The lowest BCUT2D eigenvalue weighted by Gasteiger charge is -2.19. The van der Waals surface area contributed by atoms with Gasteiger partial charge in [0.2, 0.25) is 5.91 Å². The average Bonchev–Trinajstić information content (AvgIpc) is 2.39. The number of carbonyl (C=O) groups is 2. The van der Waals surface area contributed by atoms with Crippen LogP contribution in [-0.2, 0) is 4.79 Å². The number of benzene rings is 1. The first-order valence-electron chi connectivity index (χ1n) is 6.42. The molecule has 0 fully saturated rings. The summed E-state index contributed by atoms with van der Waals surface area (Å²) in [5.74, 6) is -0.274. The van der Waals surface area contributed by atoms with Crippen LogP contribution in [0.4, 0.5) is 5.69 Å². The molecule has 110 valence electrons. The molecule has 4 N–H and O–H groups in total. The lowest BCUT2D eigenvalue weighted by molar-refractivity contribution is -0.122. The first-order chi connectivity index (χ1) is 9.35. The quantitative estimate of drug-likeness (QED) is 0.725. The van der Waals surface area contributed by atoms with Gasteiger partial charge in [-0.1, -0.05) is 25.4 Å². The SMILES string of the molecule is CNC(=O)C(CC(C)C)NC(=O)c1ccc(Cl)c(N)c1. The molecule has 20 heavy (non-hydrogen) atoms. The van der Waals surface area contributed by atoms with Gasteiger partial charge in [-0.05, 0) is 30.5 Å². The van der Waals surface area contributed by atoms with Crippen LogP contribution in [0.5, 0.6) is 0 Å². The summed E-state index contributed by atoms with van der Waals surface area (Å²) in [6, 6.07) is 4.06. The van der Waals surface area contributed by atoms with Crippen LogP contribution in [0.3, 0.4) is 0 Å². The van der Waals surface area contributed by atoms with Crippen LogP contribution in [0.15, 0.2) is 18.2 Å². The van der Waals surface area contributed by atoms with E-state index in [9.17, 15) is 9.59 Å². The maximum Gasteiger partial charge on any atom is 0.252 e. The van der Waals surface area contributed by atoms with Crippen LogP contribution >= 0.6 is 11.6 Å². The highest BCUT2D eigenvalue weighted by Crippen LogP contribution is 2.19. The minimum atomic E-state index is -0.565. The number of hydrogen-bond donors (Lipinski definition) is 3. The predicted molar refractivity (Wildman–Crippen MR) is 80.6 cm³/mol. The topological polar surface area (TPSA) is 84.2 Å². The monoisotopic (exact) mass is 297 g/mol. The average molecular weight is 298 g/mol. The fourth-order valence-electron chi connectivity index (χ4n) is 1.80. The smallest absolute Gasteiger partial charge is 0.252 e. The Labute approximate surface area is 123 Å². The summed E-state index contributed by atoms with van der Waals surface area (Å²) < 4.78 is 0. The number of halogens is 1. The number of nitrogen functional groups attached to an aromatic ring is 1. The second-order valence-electron chi connectivity index (χ2n) is 5.01. The highest BCUT2D eigenvalue weighted by atomic mass is 35.5. The molecule has 1 atom stereocenters. The second-order valence-corrected chi connectivity index (χ2v) is 5.41. The Bertz CT molecular complexity index is 503. The van der Waals surface area contributed by atoms with Gasteiger partial charge in [-0.2, -0.15) is 0 Å². The molecule has 1 rings (SSSR count). The van der Waals surface area contributed by atoms with Crippen molar-refractivity contribution in [2.24, 2.45) is 5.92 Å². The van der Waals surface area contributed by atoms with Crippen molar-refractivity contribution in [3.05, 3.63) is 28.8 Å². The lowest BCUT2D eigenvalue weighted by Crippen LogP contribution is -2.46. The van der Waals surface area contributed by atoms with Gasteiger partial charge in [-0.15, -0.1) is 0 Å². The van der Waals surface area contributed by atoms with E-state index in [0.29, 0.717) is 22.7 Å². The van der Waals surface area contributed by atoms with Gasteiger partial charge in [0.05, 0.1) is 10.7 Å². The number of carbonyl (C=O) groups excluding carboxylic acids is 2. The van der Waals surface area contributed by atoms with Crippen LogP contribution in [0.25, 0.3) is 0 Å². The van der Waals surface area contributed by atoms with E-state index in [1.165, 1.54) is 6.07 Å². The van der Waals surface area contributed by atoms with E-state index in [-0.39, 0.29) is 17.7 Å². The molecule has 0 spiro atoms. The molecular formula is C14H20ClN3O2. The summed E-state index contributed by atoms with van der Waals surface area (Å²) in [6.07, 6.45) is 0.564. The van der Waals surface area contributed by atoms with E-state index in [0.717, 1.165) is 0 Å². The summed E-state index contributed by atoms with van der Waals surface area (Å²) in [5.41, 5.74) is 6.38. The van der Waals surface area contributed by atoms with Crippen molar-refractivity contribution in [2.45, 2.75) is 26.3 Å². The summed E-state index contributed by atoms with van der Waals surface area (Å²) in [6.45, 7) is 3.98. The molecule has 5 nitrogen and oxygen atoms in total. The zero-order chi connectivity index (χ0) is 15.3. The molecule has 1 aromatic rings. The van der Waals surface area contributed by atoms with Crippen molar-refractivity contribution in [3.63, 3.8) is 0 Å². The van der Waals surface area contributed by atoms with Gasteiger partial charge in [-0.25, -0.2) is 0 Å². The molecule has 1 unspecified atom stereocenters. The number of rotatable bonds is 5. The summed E-state index contributed by atoms with van der Waals surface area (Å²) >= 11 is 5.81. The van der Waals surface area contributed by atoms with Crippen molar-refractivity contribution in [1.29, 1.82) is 0 Å². The van der Waals surface area contributed by atoms with E-state index < -0.39 is 6.04 Å². The molecule has 1 aromatic carbocycles. The Morgan fingerprint density at radius 2 is 2.00 bits per heavy atom. The highest BCUT2D eigenvalue weighted by molar-refractivity contribution is 6.33. The molecule has 0 radical (unpaired) electrons. The largest absolute Gasteiger partial charge is 0.398 e. The Kier molecular flexibility index (Phi) is 5.82. The molecular weight excluding hydrogens is 278 g/mol. The van der Waals surface area contributed by atoms with Gasteiger partial charge < -0.3 is 16.4 Å². The molecule has 6 heteroatoms. The maximum absolute atomic E-state index is 12.1. The molecule has 0 aromatic heterocycles. The minimum Gasteiger partial charge on any atom is -0.398 e.